The van der Waals surface area contributed by atoms with Gasteiger partial charge in [-0.2, -0.15) is 0 Å². The molecule has 7 unspecified atom stereocenters. The Kier molecular flexibility index (Phi) is 24.6. The topological polar surface area (TPSA) is 243 Å². The number of carbonyl (C=O) groups excluding carboxylic acids is 1. The van der Waals surface area contributed by atoms with Crippen molar-refractivity contribution in [1.82, 2.24) is 15.6 Å². The van der Waals surface area contributed by atoms with Crippen LogP contribution in [0.4, 0.5) is 11.4 Å². The number of nitrogens with one attached hydrogen (secondary N) is 2. The molecule has 1 aliphatic rings. The number of carbonyl (C=O) groups is 1. The fraction of sp³-hybridized carbons (Fsp3) is 0.786. The molecule has 58 heavy (non-hydrogen) atoms. The molecule has 3 rings (SSSR count). The molecule has 1 aliphatic heterocycles. The van der Waals surface area contributed by atoms with Gasteiger partial charge in [0.2, 0.25) is 11.4 Å². The van der Waals surface area contributed by atoms with Gasteiger partial charge in [0.1, 0.15) is 24.4 Å². The molecule has 1 fully saturated rings. The summed E-state index contributed by atoms with van der Waals surface area (Å²) in [6, 6.07) is 2.17. The number of unbranched alkanes of at least 4 members (excludes halogenated alkanes) is 19. The third-order valence-electron chi connectivity index (χ3n) is 10.8. The van der Waals surface area contributed by atoms with Crippen molar-refractivity contribution in [3.05, 3.63) is 34.4 Å². The van der Waals surface area contributed by atoms with Crippen LogP contribution < -0.4 is 10.6 Å². The van der Waals surface area contributed by atoms with Gasteiger partial charge in [0, 0.05) is 19.0 Å². The maximum Gasteiger partial charge on any atom is 0.300 e. The standard InChI is InChI=1S/C42H71N5O11/c1-2-3-4-5-6-7-8-9-10-12-15-18-21-24-34(49)32(30-56-42-41(53)40(52)39(51)35(29-48)57-42)44-36(50)25-22-19-16-13-11-14-17-20-23-28-43-31-26-27-33(47(54)55)38-37(31)45-58-46-38/h21,24,26-27,32,34-35,39-43,48-49,51-53H,2-20,22-23,25,28-30H2,1H3,(H,44,50)/b24-21+. The number of allylic oxidation sites excluding steroid dienone is 1. The van der Waals surface area contributed by atoms with Gasteiger partial charge in [0.05, 0.1) is 36.0 Å². The normalized spacial score (nSPS) is 20.8. The van der Waals surface area contributed by atoms with Crippen LogP contribution >= 0.6 is 0 Å². The fourth-order valence-electron chi connectivity index (χ4n) is 7.22. The number of fused-ring (bicyclic) bond motifs is 1. The fourth-order valence-corrected chi connectivity index (χ4v) is 7.22. The second-order valence-corrected chi connectivity index (χ2v) is 15.7. The van der Waals surface area contributed by atoms with Gasteiger partial charge in [0.25, 0.3) is 0 Å². The van der Waals surface area contributed by atoms with E-state index in [1.807, 2.05) is 6.08 Å². The molecule has 0 saturated carbocycles. The molecule has 0 spiro atoms. The molecule has 2 heterocycles. The quantitative estimate of drug-likeness (QED) is 0.0179. The number of aliphatic hydroxyl groups is 5. The summed E-state index contributed by atoms with van der Waals surface area (Å²) in [5, 5.41) is 76.0. The molecule has 1 aromatic carbocycles. The molecule has 1 aromatic heterocycles. The van der Waals surface area contributed by atoms with E-state index in [2.05, 4.69) is 27.9 Å². The largest absolute Gasteiger partial charge is 0.394 e. The number of benzene rings is 1. The summed E-state index contributed by atoms with van der Waals surface area (Å²) >= 11 is 0. The van der Waals surface area contributed by atoms with Crippen LogP contribution in [0.1, 0.15) is 148 Å². The highest BCUT2D eigenvalue weighted by molar-refractivity contribution is 5.93. The molecule has 0 bridgehead atoms. The molecule has 7 N–H and O–H groups in total. The number of amides is 1. The van der Waals surface area contributed by atoms with Gasteiger partial charge in [0.15, 0.2) is 11.8 Å². The average molecular weight is 822 g/mol. The summed E-state index contributed by atoms with van der Waals surface area (Å²) in [5.74, 6) is -0.233. The van der Waals surface area contributed by atoms with Crippen LogP contribution in [-0.2, 0) is 14.3 Å². The van der Waals surface area contributed by atoms with Crippen LogP contribution in [0.15, 0.2) is 28.9 Å². The van der Waals surface area contributed by atoms with E-state index in [1.165, 1.54) is 63.9 Å². The van der Waals surface area contributed by atoms with Crippen molar-refractivity contribution in [2.75, 3.05) is 25.1 Å². The van der Waals surface area contributed by atoms with E-state index in [-0.39, 0.29) is 30.1 Å². The van der Waals surface area contributed by atoms with E-state index in [9.17, 15) is 40.4 Å². The zero-order chi connectivity index (χ0) is 42.0. The van der Waals surface area contributed by atoms with Crippen LogP contribution in [-0.4, -0.2) is 109 Å². The van der Waals surface area contributed by atoms with Gasteiger partial charge < -0.3 is 45.6 Å². The molecule has 7 atom stereocenters. The molecular formula is C42H71N5O11. The minimum atomic E-state index is -1.59. The third kappa shape index (κ3) is 17.9. The van der Waals surface area contributed by atoms with Gasteiger partial charge in [-0.15, -0.1) is 0 Å². The monoisotopic (exact) mass is 822 g/mol. The maximum absolute atomic E-state index is 13.0. The predicted octanol–water partition coefficient (Wildman–Crippen LogP) is 6.36. The predicted molar refractivity (Wildman–Crippen MR) is 221 cm³/mol. The van der Waals surface area contributed by atoms with Gasteiger partial charge >= 0.3 is 5.69 Å². The number of anilines is 1. The SMILES string of the molecule is CCCCCCCCCCCCC/C=C/C(O)C(COC1OC(CO)C(O)C(O)C1O)NC(=O)CCCCCCCCCCCNc1ccc([N+](=O)[O-])c2nonc12. The lowest BCUT2D eigenvalue weighted by atomic mass is 9.99. The molecule has 16 nitrogen and oxygen atoms in total. The smallest absolute Gasteiger partial charge is 0.300 e. The van der Waals surface area contributed by atoms with Crippen molar-refractivity contribution in [1.29, 1.82) is 0 Å². The molecule has 1 amide bonds. The van der Waals surface area contributed by atoms with Crippen molar-refractivity contribution in [3.8, 4) is 0 Å². The highest BCUT2D eigenvalue weighted by atomic mass is 16.7. The van der Waals surface area contributed by atoms with Crippen molar-refractivity contribution in [3.63, 3.8) is 0 Å². The zero-order valence-corrected chi connectivity index (χ0v) is 34.6. The van der Waals surface area contributed by atoms with Crippen LogP contribution in [0.25, 0.3) is 11.0 Å². The van der Waals surface area contributed by atoms with Crippen LogP contribution in [0.3, 0.4) is 0 Å². The van der Waals surface area contributed by atoms with Gasteiger partial charge in [-0.1, -0.05) is 128 Å². The van der Waals surface area contributed by atoms with Gasteiger partial charge in [-0.05, 0) is 42.1 Å². The number of non-ortho nitro benzene ring substituents is 1. The number of nitro benzene ring substituents is 1. The Morgan fingerprint density at radius 1 is 0.845 bits per heavy atom. The average Bonchev–Trinajstić information content (AvgIpc) is 3.71. The Bertz CT molecular complexity index is 1440. The number of ether oxygens (including phenoxy) is 2. The Morgan fingerprint density at radius 2 is 1.43 bits per heavy atom. The zero-order valence-electron chi connectivity index (χ0n) is 34.6. The number of nitrogens with zero attached hydrogens (tertiary/aromatic N) is 3. The highest BCUT2D eigenvalue weighted by Crippen LogP contribution is 2.29. The molecule has 0 radical (unpaired) electrons. The lowest BCUT2D eigenvalue weighted by molar-refractivity contribution is -0.383. The Hall–Kier alpha value is -3.25. The number of aliphatic hydroxyl groups excluding tert-OH is 5. The highest BCUT2D eigenvalue weighted by Gasteiger charge is 2.44. The number of hydrogen-bond acceptors (Lipinski definition) is 14. The van der Waals surface area contributed by atoms with Crippen molar-refractivity contribution < 1.29 is 49.4 Å². The Labute approximate surface area is 343 Å². The van der Waals surface area contributed by atoms with Gasteiger partial charge in [-0.3, -0.25) is 14.9 Å². The van der Waals surface area contributed by atoms with E-state index in [0.29, 0.717) is 24.2 Å². The van der Waals surface area contributed by atoms with Crippen molar-refractivity contribution in [2.45, 2.75) is 191 Å². The Morgan fingerprint density at radius 3 is 2.05 bits per heavy atom. The Balaban J connectivity index is 1.30. The summed E-state index contributed by atoms with van der Waals surface area (Å²) in [7, 11) is 0. The van der Waals surface area contributed by atoms with Crippen LogP contribution in [0.5, 0.6) is 0 Å². The number of rotatable bonds is 33. The van der Waals surface area contributed by atoms with E-state index < -0.39 is 54.4 Å². The van der Waals surface area contributed by atoms with Crippen molar-refractivity contribution >= 4 is 28.3 Å². The number of hydrogen-bond donors (Lipinski definition) is 7. The molecule has 2 aromatic rings. The molecule has 330 valence electrons. The second-order valence-electron chi connectivity index (χ2n) is 15.7. The number of nitro groups is 1. The second kappa shape index (κ2) is 29.1. The summed E-state index contributed by atoms with van der Waals surface area (Å²) in [5.41, 5.74) is 0.999. The van der Waals surface area contributed by atoms with Crippen LogP contribution in [0.2, 0.25) is 0 Å². The summed E-state index contributed by atoms with van der Waals surface area (Å²) in [6.45, 7) is 2.12. The van der Waals surface area contributed by atoms with E-state index >= 15 is 0 Å². The first kappa shape index (κ1) is 49.1. The lowest BCUT2D eigenvalue weighted by Gasteiger charge is -2.40. The summed E-state index contributed by atoms with van der Waals surface area (Å²) in [6.07, 6.45) is 19.1. The maximum atomic E-state index is 13.0. The first-order valence-electron chi connectivity index (χ1n) is 21.9. The van der Waals surface area contributed by atoms with E-state index in [0.717, 1.165) is 70.6 Å². The minimum absolute atomic E-state index is 0.131. The molecule has 1 saturated heterocycles. The summed E-state index contributed by atoms with van der Waals surface area (Å²) in [4.78, 5) is 23.6. The van der Waals surface area contributed by atoms with E-state index in [4.69, 9.17) is 14.1 Å². The number of aromatic nitrogens is 2. The van der Waals surface area contributed by atoms with Crippen LogP contribution in [0, 0.1) is 10.1 Å². The molecular weight excluding hydrogens is 750 g/mol. The third-order valence-corrected chi connectivity index (χ3v) is 10.8. The minimum Gasteiger partial charge on any atom is -0.394 e. The first-order valence-corrected chi connectivity index (χ1v) is 21.9. The summed E-state index contributed by atoms with van der Waals surface area (Å²) < 4.78 is 15.9. The molecule has 16 heteroatoms. The van der Waals surface area contributed by atoms with Gasteiger partial charge in [-0.25, -0.2) is 4.63 Å². The molecule has 0 aliphatic carbocycles. The van der Waals surface area contributed by atoms with Crippen molar-refractivity contribution in [2.24, 2.45) is 0 Å². The lowest BCUT2D eigenvalue weighted by Crippen LogP contribution is -2.60. The van der Waals surface area contributed by atoms with E-state index in [1.54, 1.807) is 12.1 Å². The first-order chi connectivity index (χ1) is 28.2.